The molecule has 2 N–H and O–H groups in total. The summed E-state index contributed by atoms with van der Waals surface area (Å²) >= 11 is 6.07. The summed E-state index contributed by atoms with van der Waals surface area (Å²) < 4.78 is 0. The number of hydrogen-bond donors (Lipinski definition) is 1. The molecule has 2 rings (SSSR count). The summed E-state index contributed by atoms with van der Waals surface area (Å²) in [5, 5.41) is 0.786. The number of anilines is 1. The van der Waals surface area contributed by atoms with E-state index >= 15 is 0 Å². The van der Waals surface area contributed by atoms with Gasteiger partial charge in [-0.3, -0.25) is 4.98 Å². The number of rotatable bonds is 1. The van der Waals surface area contributed by atoms with E-state index in [0.29, 0.717) is 5.69 Å². The highest BCUT2D eigenvalue weighted by Gasteiger charge is 2.07. The van der Waals surface area contributed by atoms with Gasteiger partial charge in [0.25, 0.3) is 0 Å². The van der Waals surface area contributed by atoms with Crippen molar-refractivity contribution in [2.24, 2.45) is 0 Å². The number of halogens is 1. The topological polar surface area (TPSA) is 38.9 Å². The summed E-state index contributed by atoms with van der Waals surface area (Å²) in [4.78, 5) is 3.99. The van der Waals surface area contributed by atoms with Gasteiger partial charge in [0.1, 0.15) is 0 Å². The molecule has 0 aliphatic carbocycles. The fourth-order valence-corrected chi connectivity index (χ4v) is 1.94. The van der Waals surface area contributed by atoms with E-state index in [1.807, 2.05) is 26.0 Å². The predicted octanol–water partition coefficient (Wildman–Crippen LogP) is 3.60. The average Bonchev–Trinajstić information content (AvgIpc) is 2.25. The number of nitrogen functional groups attached to an aromatic ring is 1. The monoisotopic (exact) mass is 232 g/mol. The SMILES string of the molecule is Cc1cc(-c2ccncc2N)c(C)cc1Cl. The van der Waals surface area contributed by atoms with Crippen molar-refractivity contribution in [3.63, 3.8) is 0 Å². The van der Waals surface area contributed by atoms with Crippen LogP contribution in [-0.2, 0) is 0 Å². The summed E-state index contributed by atoms with van der Waals surface area (Å²) in [6, 6.07) is 5.94. The van der Waals surface area contributed by atoms with Crippen molar-refractivity contribution < 1.29 is 0 Å². The fraction of sp³-hybridized carbons (Fsp3) is 0.154. The van der Waals surface area contributed by atoms with E-state index in [2.05, 4.69) is 11.1 Å². The van der Waals surface area contributed by atoms with Gasteiger partial charge in [-0.25, -0.2) is 0 Å². The van der Waals surface area contributed by atoms with Crippen LogP contribution in [0.3, 0.4) is 0 Å². The second-order valence-corrected chi connectivity index (χ2v) is 4.29. The van der Waals surface area contributed by atoms with Crippen LogP contribution in [0.4, 0.5) is 5.69 Å². The molecule has 82 valence electrons. The molecule has 1 heterocycles. The molecule has 2 nitrogen and oxygen atoms in total. The molecule has 0 saturated heterocycles. The van der Waals surface area contributed by atoms with E-state index in [4.69, 9.17) is 17.3 Å². The van der Waals surface area contributed by atoms with Gasteiger partial charge in [0.15, 0.2) is 0 Å². The number of benzene rings is 1. The zero-order chi connectivity index (χ0) is 11.7. The second-order valence-electron chi connectivity index (χ2n) is 3.88. The lowest BCUT2D eigenvalue weighted by molar-refractivity contribution is 1.32. The molecule has 0 aliphatic heterocycles. The molecular weight excluding hydrogens is 220 g/mol. The quantitative estimate of drug-likeness (QED) is 0.816. The van der Waals surface area contributed by atoms with Crippen molar-refractivity contribution in [1.29, 1.82) is 0 Å². The number of hydrogen-bond acceptors (Lipinski definition) is 2. The van der Waals surface area contributed by atoms with Gasteiger partial charge in [0, 0.05) is 16.8 Å². The Bertz CT molecular complexity index is 535. The Kier molecular flexibility index (Phi) is 2.84. The van der Waals surface area contributed by atoms with Gasteiger partial charge < -0.3 is 5.73 Å². The third-order valence-electron chi connectivity index (χ3n) is 2.65. The first kappa shape index (κ1) is 11.0. The van der Waals surface area contributed by atoms with Crippen molar-refractivity contribution in [3.8, 4) is 11.1 Å². The first-order chi connectivity index (χ1) is 7.59. The lowest BCUT2D eigenvalue weighted by Crippen LogP contribution is -1.93. The van der Waals surface area contributed by atoms with E-state index in [0.717, 1.165) is 27.3 Å². The zero-order valence-electron chi connectivity index (χ0n) is 9.29. The van der Waals surface area contributed by atoms with Crippen molar-refractivity contribution in [2.75, 3.05) is 5.73 Å². The smallest absolute Gasteiger partial charge is 0.0580 e. The van der Waals surface area contributed by atoms with E-state index in [9.17, 15) is 0 Å². The van der Waals surface area contributed by atoms with Crippen molar-refractivity contribution in [2.45, 2.75) is 13.8 Å². The molecule has 2 aromatic rings. The molecular formula is C13H13ClN2. The molecule has 1 aromatic heterocycles. The first-order valence-corrected chi connectivity index (χ1v) is 5.44. The highest BCUT2D eigenvalue weighted by Crippen LogP contribution is 2.31. The summed E-state index contributed by atoms with van der Waals surface area (Å²) in [5.74, 6) is 0. The molecule has 0 bridgehead atoms. The number of nitrogens with two attached hydrogens (primary N) is 1. The minimum absolute atomic E-state index is 0.687. The fourth-order valence-electron chi connectivity index (χ4n) is 1.72. The van der Waals surface area contributed by atoms with Gasteiger partial charge in [0.2, 0.25) is 0 Å². The minimum Gasteiger partial charge on any atom is -0.397 e. The van der Waals surface area contributed by atoms with E-state index in [1.54, 1.807) is 12.4 Å². The van der Waals surface area contributed by atoms with Crippen LogP contribution in [0.2, 0.25) is 5.02 Å². The Morgan fingerprint density at radius 2 is 1.88 bits per heavy atom. The second kappa shape index (κ2) is 4.14. The summed E-state index contributed by atoms with van der Waals surface area (Å²) in [6.45, 7) is 4.02. The van der Waals surface area contributed by atoms with Crippen LogP contribution in [0, 0.1) is 13.8 Å². The third kappa shape index (κ3) is 1.89. The van der Waals surface area contributed by atoms with Crippen LogP contribution in [0.1, 0.15) is 11.1 Å². The number of nitrogens with zero attached hydrogens (tertiary/aromatic N) is 1. The van der Waals surface area contributed by atoms with Gasteiger partial charge in [-0.15, -0.1) is 0 Å². The average molecular weight is 233 g/mol. The molecule has 16 heavy (non-hydrogen) atoms. The summed E-state index contributed by atoms with van der Waals surface area (Å²) in [5.41, 5.74) is 10.9. The predicted molar refractivity (Wildman–Crippen MR) is 68.6 cm³/mol. The van der Waals surface area contributed by atoms with Gasteiger partial charge in [-0.2, -0.15) is 0 Å². The molecule has 1 aromatic carbocycles. The summed E-state index contributed by atoms with van der Waals surface area (Å²) in [7, 11) is 0. The van der Waals surface area contributed by atoms with E-state index < -0.39 is 0 Å². The van der Waals surface area contributed by atoms with Crippen LogP contribution in [0.25, 0.3) is 11.1 Å². The van der Waals surface area contributed by atoms with Crippen LogP contribution in [0.15, 0.2) is 30.6 Å². The lowest BCUT2D eigenvalue weighted by atomic mass is 9.98. The largest absolute Gasteiger partial charge is 0.397 e. The van der Waals surface area contributed by atoms with Gasteiger partial charge in [-0.1, -0.05) is 11.6 Å². The highest BCUT2D eigenvalue weighted by atomic mass is 35.5. The molecule has 0 aliphatic rings. The Hall–Kier alpha value is -1.54. The van der Waals surface area contributed by atoms with Gasteiger partial charge in [0.05, 0.1) is 11.9 Å². The van der Waals surface area contributed by atoms with Gasteiger partial charge in [-0.05, 0) is 48.7 Å². The molecule has 0 atom stereocenters. The van der Waals surface area contributed by atoms with Crippen LogP contribution in [-0.4, -0.2) is 4.98 Å². The molecule has 0 saturated carbocycles. The van der Waals surface area contributed by atoms with Crippen molar-refractivity contribution in [3.05, 3.63) is 46.7 Å². The van der Waals surface area contributed by atoms with Gasteiger partial charge >= 0.3 is 0 Å². The van der Waals surface area contributed by atoms with Crippen LogP contribution < -0.4 is 5.73 Å². The maximum Gasteiger partial charge on any atom is 0.0580 e. The van der Waals surface area contributed by atoms with Crippen molar-refractivity contribution in [1.82, 2.24) is 4.98 Å². The Morgan fingerprint density at radius 3 is 2.56 bits per heavy atom. The van der Waals surface area contributed by atoms with E-state index in [-0.39, 0.29) is 0 Å². The maximum atomic E-state index is 6.07. The number of aryl methyl sites for hydroxylation is 2. The molecule has 0 radical (unpaired) electrons. The Morgan fingerprint density at radius 1 is 1.12 bits per heavy atom. The molecule has 0 fully saturated rings. The molecule has 0 spiro atoms. The van der Waals surface area contributed by atoms with Crippen molar-refractivity contribution >= 4 is 17.3 Å². The summed E-state index contributed by atoms with van der Waals surface area (Å²) in [6.07, 6.45) is 3.41. The Labute approximate surface area is 100 Å². The molecule has 0 amide bonds. The lowest BCUT2D eigenvalue weighted by Gasteiger charge is -2.10. The Balaban J connectivity index is 2.65. The number of aromatic nitrogens is 1. The minimum atomic E-state index is 0.687. The first-order valence-electron chi connectivity index (χ1n) is 5.06. The zero-order valence-corrected chi connectivity index (χ0v) is 10.0. The van der Waals surface area contributed by atoms with Crippen LogP contribution >= 0.6 is 11.6 Å². The molecule has 3 heteroatoms. The normalized spacial score (nSPS) is 10.4. The van der Waals surface area contributed by atoms with Crippen LogP contribution in [0.5, 0.6) is 0 Å². The number of pyridine rings is 1. The molecule has 0 unspecified atom stereocenters. The standard InChI is InChI=1S/C13H13ClN2/c1-8-6-12(14)9(2)5-11(8)10-3-4-16-7-13(10)15/h3-7H,15H2,1-2H3. The van der Waals surface area contributed by atoms with E-state index in [1.165, 1.54) is 0 Å². The third-order valence-corrected chi connectivity index (χ3v) is 3.05. The maximum absolute atomic E-state index is 6.07. The highest BCUT2D eigenvalue weighted by molar-refractivity contribution is 6.31.